The van der Waals surface area contributed by atoms with Crippen molar-refractivity contribution in [3.05, 3.63) is 65.4 Å². The van der Waals surface area contributed by atoms with E-state index in [-0.39, 0.29) is 22.8 Å². The van der Waals surface area contributed by atoms with Crippen molar-refractivity contribution in [3.63, 3.8) is 0 Å². The molecular weight excluding hydrogens is 358 g/mol. The lowest BCUT2D eigenvalue weighted by Crippen LogP contribution is -2.28. The molecule has 3 N–H and O–H groups in total. The Balaban J connectivity index is 1.82. The number of phenols is 1. The molecule has 0 saturated heterocycles. The van der Waals surface area contributed by atoms with Gasteiger partial charge in [-0.2, -0.15) is 0 Å². The minimum absolute atomic E-state index is 0.00771. The van der Waals surface area contributed by atoms with Crippen LogP contribution in [0.3, 0.4) is 0 Å². The van der Waals surface area contributed by atoms with Gasteiger partial charge in [-0.1, -0.05) is 24.3 Å². The first-order valence-corrected chi connectivity index (χ1v) is 8.75. The number of carbonyl (C=O) groups excluding carboxylic acids is 3. The summed E-state index contributed by atoms with van der Waals surface area (Å²) in [6.45, 7) is 0. The van der Waals surface area contributed by atoms with E-state index in [1.54, 1.807) is 42.6 Å². The predicted molar refractivity (Wildman–Crippen MR) is 102 cm³/mol. The standard InChI is InChI=1S/C21H15N3O4/c1-24-20(27)17(11-9-22-13-7-4-8-14(25)15(11)13)18(21(24)28)16-10-5-2-3-6-12(10)23-19(16)26/h2-9,16,22,25H,1H3,(H,23,26). The number of hydrogen-bond acceptors (Lipinski definition) is 4. The fraction of sp³-hybridized carbons (Fsp3) is 0.0952. The molecule has 1 aromatic heterocycles. The molecule has 2 aliphatic rings. The molecule has 7 nitrogen and oxygen atoms in total. The van der Waals surface area contributed by atoms with Crippen molar-refractivity contribution in [1.82, 2.24) is 9.88 Å². The van der Waals surface area contributed by atoms with Crippen LogP contribution in [0.5, 0.6) is 5.75 Å². The van der Waals surface area contributed by atoms with E-state index in [1.165, 1.54) is 13.1 Å². The van der Waals surface area contributed by atoms with Crippen LogP contribution in [0.1, 0.15) is 17.0 Å². The van der Waals surface area contributed by atoms with E-state index in [0.717, 1.165) is 4.90 Å². The highest BCUT2D eigenvalue weighted by molar-refractivity contribution is 6.39. The number of phenolic OH excluding ortho intramolecular Hbond substituents is 1. The van der Waals surface area contributed by atoms with Gasteiger partial charge in [-0.3, -0.25) is 19.3 Å². The van der Waals surface area contributed by atoms with Crippen LogP contribution < -0.4 is 5.32 Å². The van der Waals surface area contributed by atoms with Crippen LogP contribution in [0.25, 0.3) is 16.5 Å². The van der Waals surface area contributed by atoms with Gasteiger partial charge in [0.2, 0.25) is 5.91 Å². The smallest absolute Gasteiger partial charge is 0.261 e. The van der Waals surface area contributed by atoms with Crippen LogP contribution in [-0.2, 0) is 14.4 Å². The number of aromatic hydroxyl groups is 1. The van der Waals surface area contributed by atoms with Gasteiger partial charge in [0, 0.05) is 41.0 Å². The van der Waals surface area contributed by atoms with E-state index in [0.29, 0.717) is 27.7 Å². The van der Waals surface area contributed by atoms with Crippen molar-refractivity contribution in [1.29, 1.82) is 0 Å². The van der Waals surface area contributed by atoms with Gasteiger partial charge in [0.1, 0.15) is 5.75 Å². The Kier molecular flexibility index (Phi) is 3.24. The number of hydrogen-bond donors (Lipinski definition) is 3. The molecule has 0 spiro atoms. The quantitative estimate of drug-likeness (QED) is 0.600. The number of benzene rings is 2. The predicted octanol–water partition coefficient (Wildman–Crippen LogP) is 2.36. The number of nitrogens with zero attached hydrogens (tertiary/aromatic N) is 1. The van der Waals surface area contributed by atoms with Crippen LogP contribution in [0, 0.1) is 0 Å². The number of aromatic amines is 1. The Bertz CT molecular complexity index is 1240. The van der Waals surface area contributed by atoms with Crippen molar-refractivity contribution in [2.45, 2.75) is 5.92 Å². The summed E-state index contributed by atoms with van der Waals surface area (Å²) in [4.78, 5) is 42.7. The number of carbonyl (C=O) groups is 3. The summed E-state index contributed by atoms with van der Waals surface area (Å²) in [5.41, 5.74) is 2.58. The number of H-pyrrole nitrogens is 1. The Morgan fingerprint density at radius 1 is 1.00 bits per heavy atom. The van der Waals surface area contributed by atoms with Gasteiger partial charge >= 0.3 is 0 Å². The van der Waals surface area contributed by atoms with E-state index in [4.69, 9.17) is 0 Å². The van der Waals surface area contributed by atoms with Crippen LogP contribution in [0.4, 0.5) is 5.69 Å². The van der Waals surface area contributed by atoms with Gasteiger partial charge in [-0.25, -0.2) is 0 Å². The zero-order chi connectivity index (χ0) is 19.6. The Morgan fingerprint density at radius 2 is 1.79 bits per heavy atom. The van der Waals surface area contributed by atoms with Crippen molar-refractivity contribution >= 4 is 39.9 Å². The number of nitrogens with one attached hydrogen (secondary N) is 2. The second-order valence-electron chi connectivity index (χ2n) is 6.87. The molecule has 7 heteroatoms. The van der Waals surface area contributed by atoms with E-state index < -0.39 is 17.7 Å². The number of likely N-dealkylation sites (N-methyl/N-ethyl adjacent to an activating group) is 1. The molecule has 138 valence electrons. The molecule has 0 fully saturated rings. The number of aromatic nitrogens is 1. The van der Waals surface area contributed by atoms with E-state index in [2.05, 4.69) is 10.3 Å². The largest absolute Gasteiger partial charge is 0.507 e. The van der Waals surface area contributed by atoms with Crippen LogP contribution >= 0.6 is 0 Å². The molecule has 3 heterocycles. The van der Waals surface area contributed by atoms with Crippen molar-refractivity contribution in [3.8, 4) is 5.75 Å². The van der Waals surface area contributed by atoms with Gasteiger partial charge in [-0.05, 0) is 23.8 Å². The van der Waals surface area contributed by atoms with Gasteiger partial charge in [0.15, 0.2) is 0 Å². The molecule has 3 aromatic rings. The first-order valence-electron chi connectivity index (χ1n) is 8.75. The molecule has 1 unspecified atom stereocenters. The average molecular weight is 373 g/mol. The molecule has 0 bridgehead atoms. The van der Waals surface area contributed by atoms with Crippen LogP contribution in [-0.4, -0.2) is 39.8 Å². The van der Waals surface area contributed by atoms with Crippen molar-refractivity contribution in [2.24, 2.45) is 0 Å². The van der Waals surface area contributed by atoms with Gasteiger partial charge in [-0.15, -0.1) is 0 Å². The molecule has 3 amide bonds. The minimum Gasteiger partial charge on any atom is -0.507 e. The summed E-state index contributed by atoms with van der Waals surface area (Å²) in [6, 6.07) is 12.1. The Morgan fingerprint density at radius 3 is 2.61 bits per heavy atom. The molecule has 5 rings (SSSR count). The van der Waals surface area contributed by atoms with E-state index >= 15 is 0 Å². The monoisotopic (exact) mass is 373 g/mol. The number of imide groups is 1. The topological polar surface area (TPSA) is 102 Å². The fourth-order valence-corrected chi connectivity index (χ4v) is 4.05. The molecule has 0 aliphatic carbocycles. The first-order chi connectivity index (χ1) is 13.5. The van der Waals surface area contributed by atoms with E-state index in [1.807, 2.05) is 0 Å². The third-order valence-electron chi connectivity index (χ3n) is 5.36. The molecule has 2 aliphatic heterocycles. The zero-order valence-corrected chi connectivity index (χ0v) is 14.8. The number of rotatable bonds is 2. The van der Waals surface area contributed by atoms with Crippen molar-refractivity contribution in [2.75, 3.05) is 12.4 Å². The summed E-state index contributed by atoms with van der Waals surface area (Å²) in [6.07, 6.45) is 1.59. The third kappa shape index (κ3) is 2.01. The Hall–Kier alpha value is -3.87. The summed E-state index contributed by atoms with van der Waals surface area (Å²) >= 11 is 0. The zero-order valence-electron chi connectivity index (χ0n) is 14.8. The lowest BCUT2D eigenvalue weighted by molar-refractivity contribution is -0.135. The van der Waals surface area contributed by atoms with Crippen LogP contribution in [0.15, 0.2) is 54.2 Å². The normalized spacial score (nSPS) is 19.0. The highest BCUT2D eigenvalue weighted by Gasteiger charge is 2.46. The lowest BCUT2D eigenvalue weighted by Gasteiger charge is -2.11. The minimum atomic E-state index is -0.886. The fourth-order valence-electron chi connectivity index (χ4n) is 4.05. The third-order valence-corrected chi connectivity index (χ3v) is 5.36. The summed E-state index contributed by atoms with van der Waals surface area (Å²) in [5, 5.41) is 13.6. The molecule has 2 aromatic carbocycles. The van der Waals surface area contributed by atoms with Crippen molar-refractivity contribution < 1.29 is 19.5 Å². The maximum absolute atomic E-state index is 13.0. The van der Waals surface area contributed by atoms with Gasteiger partial charge < -0.3 is 15.4 Å². The Labute approximate surface area is 159 Å². The highest BCUT2D eigenvalue weighted by Crippen LogP contribution is 2.45. The molecular formula is C21H15N3O4. The number of para-hydroxylation sites is 1. The summed E-state index contributed by atoms with van der Waals surface area (Å²) in [5.74, 6) is -2.26. The van der Waals surface area contributed by atoms with E-state index in [9.17, 15) is 19.5 Å². The molecule has 0 radical (unpaired) electrons. The molecule has 1 atom stereocenters. The second-order valence-corrected chi connectivity index (χ2v) is 6.87. The highest BCUT2D eigenvalue weighted by atomic mass is 16.3. The molecule has 0 saturated carbocycles. The second kappa shape index (κ2) is 5.56. The average Bonchev–Trinajstić information content (AvgIpc) is 3.31. The van der Waals surface area contributed by atoms with Crippen LogP contribution in [0.2, 0.25) is 0 Å². The lowest BCUT2D eigenvalue weighted by atomic mass is 9.87. The summed E-state index contributed by atoms with van der Waals surface area (Å²) in [7, 11) is 1.39. The van der Waals surface area contributed by atoms with Gasteiger partial charge in [0.25, 0.3) is 11.8 Å². The number of amides is 3. The molecule has 28 heavy (non-hydrogen) atoms. The SMILES string of the molecule is CN1C(=O)C(c2c[nH]c3cccc(O)c23)=C(C2C(=O)Nc3ccccc32)C1=O. The summed E-state index contributed by atoms with van der Waals surface area (Å²) < 4.78 is 0. The maximum Gasteiger partial charge on any atom is 0.261 e. The number of fused-ring (bicyclic) bond motifs is 2. The first kappa shape index (κ1) is 16.3. The van der Waals surface area contributed by atoms with Gasteiger partial charge in [0.05, 0.1) is 11.5 Å². The number of anilines is 1. The maximum atomic E-state index is 13.0.